The first-order valence-electron chi connectivity index (χ1n) is 5.33. The summed E-state index contributed by atoms with van der Waals surface area (Å²) in [6, 6.07) is 2.36. The summed E-state index contributed by atoms with van der Waals surface area (Å²) in [5.74, 6) is 0. The van der Waals surface area contributed by atoms with E-state index in [1.54, 1.807) is 0 Å². The molecule has 0 saturated heterocycles. The van der Waals surface area contributed by atoms with Crippen molar-refractivity contribution in [3.05, 3.63) is 0 Å². The zero-order valence-electron chi connectivity index (χ0n) is 7.97. The van der Waals surface area contributed by atoms with Crippen LogP contribution in [0.25, 0.3) is 0 Å². The van der Waals surface area contributed by atoms with Gasteiger partial charge in [0.15, 0.2) is 0 Å². The molecule has 0 aromatic carbocycles. The molecule has 12 heavy (non-hydrogen) atoms. The highest BCUT2D eigenvalue weighted by atomic mass is 15.0. The van der Waals surface area contributed by atoms with Crippen molar-refractivity contribution in [3.8, 4) is 0 Å². The molecule has 2 heteroatoms. The van der Waals surface area contributed by atoms with E-state index in [0.29, 0.717) is 0 Å². The lowest BCUT2D eigenvalue weighted by Gasteiger charge is -2.32. The fourth-order valence-corrected chi connectivity index (χ4v) is 2.23. The average Bonchev–Trinajstić information content (AvgIpc) is 2.89. The molecule has 2 aliphatic carbocycles. The molecule has 0 heterocycles. The molecular formula is C10H20N2. The normalized spacial score (nSPS) is 36.8. The van der Waals surface area contributed by atoms with Gasteiger partial charge in [-0.1, -0.05) is 12.8 Å². The summed E-state index contributed by atoms with van der Waals surface area (Å²) in [6.45, 7) is 0. The topological polar surface area (TPSA) is 24.1 Å². The van der Waals surface area contributed by atoms with Crippen LogP contribution >= 0.6 is 0 Å². The van der Waals surface area contributed by atoms with Crippen LogP contribution in [0.3, 0.4) is 0 Å². The van der Waals surface area contributed by atoms with Crippen molar-refractivity contribution in [3.63, 3.8) is 0 Å². The van der Waals surface area contributed by atoms with Crippen LogP contribution in [0.2, 0.25) is 0 Å². The van der Waals surface area contributed by atoms with Gasteiger partial charge in [0.1, 0.15) is 0 Å². The molecule has 2 aliphatic rings. The van der Waals surface area contributed by atoms with Crippen LogP contribution in [0.4, 0.5) is 0 Å². The number of rotatable bonds is 3. The summed E-state index contributed by atoms with van der Waals surface area (Å²) in [5.41, 5.74) is 0. The highest BCUT2D eigenvalue weighted by Gasteiger charge is 2.29. The van der Waals surface area contributed by atoms with Crippen LogP contribution in [0.15, 0.2) is 0 Å². The van der Waals surface area contributed by atoms with Crippen molar-refractivity contribution < 1.29 is 0 Å². The SMILES string of the molecule is CNC1CCCCC1NC1CC1. The largest absolute Gasteiger partial charge is 0.315 e. The molecule has 2 atom stereocenters. The van der Waals surface area contributed by atoms with Gasteiger partial charge in [0.25, 0.3) is 0 Å². The molecule has 0 amide bonds. The van der Waals surface area contributed by atoms with E-state index >= 15 is 0 Å². The van der Waals surface area contributed by atoms with Crippen LogP contribution in [0, 0.1) is 0 Å². The maximum absolute atomic E-state index is 3.73. The standard InChI is InChI=1S/C10H20N2/c1-11-9-4-2-3-5-10(9)12-8-6-7-8/h8-12H,2-7H2,1H3. The second-order valence-electron chi connectivity index (χ2n) is 4.23. The second-order valence-corrected chi connectivity index (χ2v) is 4.23. The Morgan fingerprint density at radius 3 is 2.17 bits per heavy atom. The third-order valence-electron chi connectivity index (χ3n) is 3.16. The van der Waals surface area contributed by atoms with Crippen molar-refractivity contribution in [2.45, 2.75) is 56.7 Å². The lowest BCUT2D eigenvalue weighted by molar-refractivity contribution is 0.294. The van der Waals surface area contributed by atoms with Crippen LogP contribution in [0.5, 0.6) is 0 Å². The predicted molar refractivity (Wildman–Crippen MR) is 51.3 cm³/mol. The first kappa shape index (κ1) is 8.52. The lowest BCUT2D eigenvalue weighted by atomic mass is 9.90. The molecule has 0 aromatic heterocycles. The van der Waals surface area contributed by atoms with E-state index in [0.717, 1.165) is 18.1 Å². The summed E-state index contributed by atoms with van der Waals surface area (Å²) in [6.07, 6.45) is 8.39. The number of hydrogen-bond acceptors (Lipinski definition) is 2. The molecule has 2 rings (SSSR count). The van der Waals surface area contributed by atoms with Gasteiger partial charge in [0.05, 0.1) is 0 Å². The van der Waals surface area contributed by atoms with Gasteiger partial charge in [-0.3, -0.25) is 0 Å². The Morgan fingerprint density at radius 2 is 1.58 bits per heavy atom. The van der Waals surface area contributed by atoms with Gasteiger partial charge in [-0.15, -0.1) is 0 Å². The summed E-state index contributed by atoms with van der Waals surface area (Å²) in [4.78, 5) is 0. The van der Waals surface area contributed by atoms with Gasteiger partial charge in [-0.05, 0) is 32.7 Å². The van der Waals surface area contributed by atoms with E-state index in [1.165, 1.54) is 38.5 Å². The molecule has 2 N–H and O–H groups in total. The third kappa shape index (κ3) is 1.99. The van der Waals surface area contributed by atoms with E-state index in [9.17, 15) is 0 Å². The quantitative estimate of drug-likeness (QED) is 0.663. The molecule has 0 radical (unpaired) electrons. The second kappa shape index (κ2) is 3.75. The van der Waals surface area contributed by atoms with E-state index in [1.807, 2.05) is 0 Å². The molecule has 2 saturated carbocycles. The van der Waals surface area contributed by atoms with Crippen molar-refractivity contribution in [2.24, 2.45) is 0 Å². The van der Waals surface area contributed by atoms with E-state index < -0.39 is 0 Å². The molecule has 2 nitrogen and oxygen atoms in total. The van der Waals surface area contributed by atoms with Gasteiger partial charge >= 0.3 is 0 Å². The third-order valence-corrected chi connectivity index (χ3v) is 3.16. The Labute approximate surface area is 75.1 Å². The Balaban J connectivity index is 1.81. The molecule has 0 aliphatic heterocycles. The van der Waals surface area contributed by atoms with Crippen LogP contribution in [-0.4, -0.2) is 25.2 Å². The molecule has 0 spiro atoms. The predicted octanol–water partition coefficient (Wildman–Crippen LogP) is 1.27. The zero-order valence-corrected chi connectivity index (χ0v) is 7.97. The average molecular weight is 168 g/mol. The van der Waals surface area contributed by atoms with E-state index in [4.69, 9.17) is 0 Å². The lowest BCUT2D eigenvalue weighted by Crippen LogP contribution is -2.49. The zero-order chi connectivity index (χ0) is 8.39. The molecule has 2 unspecified atom stereocenters. The van der Waals surface area contributed by atoms with E-state index in [2.05, 4.69) is 17.7 Å². The van der Waals surface area contributed by atoms with Crippen molar-refractivity contribution >= 4 is 0 Å². The van der Waals surface area contributed by atoms with Gasteiger partial charge in [-0.2, -0.15) is 0 Å². The van der Waals surface area contributed by atoms with Crippen LogP contribution in [-0.2, 0) is 0 Å². The van der Waals surface area contributed by atoms with Crippen LogP contribution < -0.4 is 10.6 Å². The molecule has 0 aromatic rings. The monoisotopic (exact) mass is 168 g/mol. The summed E-state index contributed by atoms with van der Waals surface area (Å²) >= 11 is 0. The smallest absolute Gasteiger partial charge is 0.0223 e. The first-order valence-corrected chi connectivity index (χ1v) is 5.33. The fourth-order valence-electron chi connectivity index (χ4n) is 2.23. The maximum Gasteiger partial charge on any atom is 0.0223 e. The molecular weight excluding hydrogens is 148 g/mol. The van der Waals surface area contributed by atoms with E-state index in [-0.39, 0.29) is 0 Å². The summed E-state index contributed by atoms with van der Waals surface area (Å²) in [7, 11) is 2.09. The van der Waals surface area contributed by atoms with Gasteiger partial charge in [-0.25, -0.2) is 0 Å². The number of nitrogens with one attached hydrogen (secondary N) is 2. The molecule has 2 fully saturated rings. The summed E-state index contributed by atoms with van der Waals surface area (Å²) in [5, 5.41) is 7.16. The minimum absolute atomic E-state index is 0.736. The minimum Gasteiger partial charge on any atom is -0.315 e. The van der Waals surface area contributed by atoms with Crippen LogP contribution in [0.1, 0.15) is 38.5 Å². The highest BCUT2D eigenvalue weighted by Crippen LogP contribution is 2.24. The number of likely N-dealkylation sites (N-methyl/N-ethyl adjacent to an activating group) is 1. The van der Waals surface area contributed by atoms with Gasteiger partial charge in [0.2, 0.25) is 0 Å². The van der Waals surface area contributed by atoms with Crippen molar-refractivity contribution in [1.82, 2.24) is 10.6 Å². The Kier molecular flexibility index (Phi) is 2.66. The first-order chi connectivity index (χ1) is 5.90. The Morgan fingerprint density at radius 1 is 0.917 bits per heavy atom. The molecule has 0 bridgehead atoms. The number of hydrogen-bond donors (Lipinski definition) is 2. The van der Waals surface area contributed by atoms with Gasteiger partial charge in [0, 0.05) is 18.1 Å². The summed E-state index contributed by atoms with van der Waals surface area (Å²) < 4.78 is 0. The Hall–Kier alpha value is -0.0800. The van der Waals surface area contributed by atoms with Gasteiger partial charge < -0.3 is 10.6 Å². The fraction of sp³-hybridized carbons (Fsp3) is 1.00. The highest BCUT2D eigenvalue weighted by molar-refractivity contribution is 4.91. The van der Waals surface area contributed by atoms with Crippen molar-refractivity contribution in [2.75, 3.05) is 7.05 Å². The maximum atomic E-state index is 3.73. The molecule has 70 valence electrons. The Bertz CT molecular complexity index is 143. The van der Waals surface area contributed by atoms with Crippen molar-refractivity contribution in [1.29, 1.82) is 0 Å². The minimum atomic E-state index is 0.736.